The normalized spacial score (nSPS) is 10.7. The molecule has 3 rings (SSSR count). The van der Waals surface area contributed by atoms with Crippen molar-refractivity contribution >= 4 is 49.9 Å². The Kier molecular flexibility index (Phi) is 3.51. The van der Waals surface area contributed by atoms with Crippen LogP contribution in [-0.4, -0.2) is 10.9 Å². The number of rotatable bonds is 2. The lowest BCUT2D eigenvalue weighted by Gasteiger charge is -2.09. The molecule has 0 aliphatic rings. The van der Waals surface area contributed by atoms with Crippen LogP contribution in [0.5, 0.6) is 0 Å². The molecule has 1 amide bonds. The number of anilines is 1. The van der Waals surface area contributed by atoms with Gasteiger partial charge in [-0.2, -0.15) is 0 Å². The summed E-state index contributed by atoms with van der Waals surface area (Å²) in [5.41, 5.74) is 1.20. The van der Waals surface area contributed by atoms with Gasteiger partial charge in [0.05, 0.1) is 5.02 Å². The molecule has 0 bridgehead atoms. The lowest BCUT2D eigenvalue weighted by molar-refractivity contribution is 0.102. The average molecular weight is 350 g/mol. The van der Waals surface area contributed by atoms with Gasteiger partial charge in [-0.15, -0.1) is 0 Å². The predicted molar refractivity (Wildman–Crippen MR) is 85.4 cm³/mol. The van der Waals surface area contributed by atoms with Crippen molar-refractivity contribution in [2.75, 3.05) is 5.32 Å². The van der Waals surface area contributed by atoms with E-state index < -0.39 is 0 Å². The Balaban J connectivity index is 1.99. The van der Waals surface area contributed by atoms with Gasteiger partial charge in [0.2, 0.25) is 0 Å². The molecule has 0 aliphatic carbocycles. The standard InChI is InChI=1S/C15H10BrClN2O/c16-12-5-6-13(11-4-2-1-3-10(11)12)19-15(20)14-7-9(17)8-18-14/h1-8,18H,(H,19,20). The molecule has 3 aromatic rings. The quantitative estimate of drug-likeness (QED) is 0.683. The highest BCUT2D eigenvalue weighted by molar-refractivity contribution is 9.10. The number of halogens is 2. The maximum absolute atomic E-state index is 12.1. The van der Waals surface area contributed by atoms with Crippen molar-refractivity contribution in [1.82, 2.24) is 4.98 Å². The molecule has 0 saturated carbocycles. The number of hydrogen-bond acceptors (Lipinski definition) is 1. The number of benzene rings is 2. The average Bonchev–Trinajstić information content (AvgIpc) is 2.89. The zero-order valence-electron chi connectivity index (χ0n) is 10.3. The van der Waals surface area contributed by atoms with Crippen LogP contribution in [-0.2, 0) is 0 Å². The minimum Gasteiger partial charge on any atom is -0.356 e. The van der Waals surface area contributed by atoms with Crippen LogP contribution in [0.1, 0.15) is 10.5 Å². The molecule has 100 valence electrons. The number of H-pyrrole nitrogens is 1. The van der Waals surface area contributed by atoms with Gasteiger partial charge in [0.1, 0.15) is 5.69 Å². The highest BCUT2D eigenvalue weighted by Crippen LogP contribution is 2.30. The van der Waals surface area contributed by atoms with Crippen LogP contribution >= 0.6 is 27.5 Å². The third-order valence-electron chi connectivity index (χ3n) is 3.01. The first-order valence-electron chi connectivity index (χ1n) is 5.97. The number of aromatic amines is 1. The smallest absolute Gasteiger partial charge is 0.272 e. The van der Waals surface area contributed by atoms with Crippen molar-refractivity contribution in [2.24, 2.45) is 0 Å². The van der Waals surface area contributed by atoms with Crippen LogP contribution in [0.3, 0.4) is 0 Å². The summed E-state index contributed by atoms with van der Waals surface area (Å²) in [6.07, 6.45) is 1.58. The number of fused-ring (bicyclic) bond motifs is 1. The molecule has 0 aliphatic heterocycles. The SMILES string of the molecule is O=C(Nc1ccc(Br)c2ccccc12)c1cc(Cl)c[nH]1. The van der Waals surface area contributed by atoms with E-state index in [1.165, 1.54) is 0 Å². The molecule has 20 heavy (non-hydrogen) atoms. The van der Waals surface area contributed by atoms with Gasteiger partial charge in [-0.3, -0.25) is 4.79 Å². The van der Waals surface area contributed by atoms with Crippen molar-refractivity contribution in [3.63, 3.8) is 0 Å². The summed E-state index contributed by atoms with van der Waals surface area (Å²) in [5, 5.41) is 5.43. The van der Waals surface area contributed by atoms with Crippen molar-refractivity contribution in [3.05, 3.63) is 63.9 Å². The van der Waals surface area contributed by atoms with E-state index in [-0.39, 0.29) is 5.91 Å². The van der Waals surface area contributed by atoms with E-state index in [4.69, 9.17) is 11.6 Å². The molecule has 2 N–H and O–H groups in total. The van der Waals surface area contributed by atoms with E-state index in [0.717, 1.165) is 20.9 Å². The molecule has 0 saturated heterocycles. The summed E-state index contributed by atoms with van der Waals surface area (Å²) < 4.78 is 0.994. The molecule has 0 spiro atoms. The topological polar surface area (TPSA) is 44.9 Å². The Morgan fingerprint density at radius 2 is 1.90 bits per heavy atom. The first-order chi connectivity index (χ1) is 9.65. The predicted octanol–water partition coefficient (Wildman–Crippen LogP) is 4.84. The van der Waals surface area contributed by atoms with Gasteiger partial charge in [0.15, 0.2) is 0 Å². The summed E-state index contributed by atoms with van der Waals surface area (Å²) >= 11 is 9.32. The zero-order valence-corrected chi connectivity index (χ0v) is 12.6. The second-order valence-corrected chi connectivity index (χ2v) is 5.62. The Morgan fingerprint density at radius 3 is 2.60 bits per heavy atom. The van der Waals surface area contributed by atoms with Crippen LogP contribution in [0.4, 0.5) is 5.69 Å². The number of hydrogen-bond donors (Lipinski definition) is 2. The van der Waals surface area contributed by atoms with Crippen molar-refractivity contribution in [2.45, 2.75) is 0 Å². The minimum absolute atomic E-state index is 0.218. The van der Waals surface area contributed by atoms with E-state index in [1.54, 1.807) is 12.3 Å². The Labute approximate surface area is 129 Å². The number of carbonyl (C=O) groups excluding carboxylic acids is 1. The van der Waals surface area contributed by atoms with E-state index in [1.807, 2.05) is 36.4 Å². The summed E-state index contributed by atoms with van der Waals surface area (Å²) in [5.74, 6) is -0.218. The van der Waals surface area contributed by atoms with Crippen molar-refractivity contribution in [3.8, 4) is 0 Å². The van der Waals surface area contributed by atoms with Crippen molar-refractivity contribution in [1.29, 1.82) is 0 Å². The third kappa shape index (κ3) is 2.44. The summed E-state index contributed by atoms with van der Waals surface area (Å²) in [6.45, 7) is 0. The van der Waals surface area contributed by atoms with Gasteiger partial charge in [0, 0.05) is 21.7 Å². The summed E-state index contributed by atoms with van der Waals surface area (Å²) in [4.78, 5) is 15.0. The molecule has 1 aromatic heterocycles. The van der Waals surface area contributed by atoms with Crippen molar-refractivity contribution < 1.29 is 4.79 Å². The highest BCUT2D eigenvalue weighted by atomic mass is 79.9. The maximum Gasteiger partial charge on any atom is 0.272 e. The fourth-order valence-electron chi connectivity index (χ4n) is 2.06. The molecule has 0 atom stereocenters. The largest absolute Gasteiger partial charge is 0.356 e. The fourth-order valence-corrected chi connectivity index (χ4v) is 2.70. The van der Waals surface area contributed by atoms with Gasteiger partial charge < -0.3 is 10.3 Å². The lowest BCUT2D eigenvalue weighted by Crippen LogP contribution is -2.12. The fraction of sp³-hybridized carbons (Fsp3) is 0. The number of aromatic nitrogens is 1. The molecule has 2 aromatic carbocycles. The van der Waals surface area contributed by atoms with Gasteiger partial charge in [-0.1, -0.05) is 51.8 Å². The lowest BCUT2D eigenvalue weighted by atomic mass is 10.1. The van der Waals surface area contributed by atoms with Gasteiger partial charge >= 0.3 is 0 Å². The molecule has 5 heteroatoms. The second kappa shape index (κ2) is 5.31. The Hall–Kier alpha value is -1.78. The van der Waals surface area contributed by atoms with Crippen LogP contribution < -0.4 is 5.32 Å². The van der Waals surface area contributed by atoms with Gasteiger partial charge in [-0.05, 0) is 23.6 Å². The number of nitrogens with one attached hydrogen (secondary N) is 2. The summed E-state index contributed by atoms with van der Waals surface area (Å²) in [6, 6.07) is 13.3. The third-order valence-corrected chi connectivity index (χ3v) is 3.92. The number of carbonyl (C=O) groups is 1. The first-order valence-corrected chi connectivity index (χ1v) is 7.15. The van der Waals surface area contributed by atoms with E-state index in [0.29, 0.717) is 10.7 Å². The second-order valence-electron chi connectivity index (χ2n) is 4.33. The Bertz CT molecular complexity index is 797. The van der Waals surface area contributed by atoms with Crippen LogP contribution in [0.15, 0.2) is 53.1 Å². The molecule has 0 radical (unpaired) electrons. The van der Waals surface area contributed by atoms with Crippen LogP contribution in [0.2, 0.25) is 5.02 Å². The number of amides is 1. The van der Waals surface area contributed by atoms with Gasteiger partial charge in [0.25, 0.3) is 5.91 Å². The Morgan fingerprint density at radius 1 is 1.15 bits per heavy atom. The molecular formula is C15H10BrClN2O. The molecule has 0 unspecified atom stereocenters. The van der Waals surface area contributed by atoms with Crippen LogP contribution in [0.25, 0.3) is 10.8 Å². The van der Waals surface area contributed by atoms with Gasteiger partial charge in [-0.25, -0.2) is 0 Å². The van der Waals surface area contributed by atoms with E-state index >= 15 is 0 Å². The highest BCUT2D eigenvalue weighted by Gasteiger charge is 2.11. The molecule has 0 fully saturated rings. The maximum atomic E-state index is 12.1. The minimum atomic E-state index is -0.218. The monoisotopic (exact) mass is 348 g/mol. The first kappa shape index (κ1) is 13.2. The summed E-state index contributed by atoms with van der Waals surface area (Å²) in [7, 11) is 0. The zero-order chi connectivity index (χ0) is 14.1. The molecule has 3 nitrogen and oxygen atoms in total. The molecule has 1 heterocycles. The van der Waals surface area contributed by atoms with E-state index in [2.05, 4.69) is 26.2 Å². The molecular weight excluding hydrogens is 340 g/mol. The van der Waals surface area contributed by atoms with Crippen LogP contribution in [0, 0.1) is 0 Å². The van der Waals surface area contributed by atoms with E-state index in [9.17, 15) is 4.79 Å².